The Morgan fingerprint density at radius 1 is 1.27 bits per heavy atom. The molecule has 0 saturated carbocycles. The van der Waals surface area contributed by atoms with E-state index in [-0.39, 0.29) is 5.69 Å². The number of hydrogen-bond acceptors (Lipinski definition) is 3. The second-order valence-corrected chi connectivity index (χ2v) is 11.1. The first-order valence-electron chi connectivity index (χ1n) is 7.55. The molecule has 0 spiro atoms. The Hall–Kier alpha value is -1.07. The van der Waals surface area contributed by atoms with E-state index in [0.717, 1.165) is 0 Å². The first kappa shape index (κ1) is 19.0. The minimum Gasteiger partial charge on any atom is -0.491 e. The molecule has 0 fully saturated rings. The van der Waals surface area contributed by atoms with E-state index in [1.807, 2.05) is 22.6 Å². The summed E-state index contributed by atoms with van der Waals surface area (Å²) in [5, 5.41) is 10.9. The zero-order valence-electron chi connectivity index (χ0n) is 13.3. The number of benzene rings is 1. The first-order valence-corrected chi connectivity index (χ1v) is 11.3. The zero-order chi connectivity index (χ0) is 16.6. The molecule has 22 heavy (non-hydrogen) atoms. The lowest BCUT2D eigenvalue weighted by atomic mass is 10.3. The van der Waals surface area contributed by atoms with Gasteiger partial charge in [-0.3, -0.25) is 10.1 Å². The highest BCUT2D eigenvalue weighted by Gasteiger charge is 2.23. The Balaban J connectivity index is 2.63. The normalized spacial score (nSPS) is 10.7. The van der Waals surface area contributed by atoms with E-state index in [4.69, 9.17) is 4.74 Å². The van der Waals surface area contributed by atoms with Crippen molar-refractivity contribution in [3.8, 4) is 17.2 Å². The van der Waals surface area contributed by atoms with Gasteiger partial charge in [-0.25, -0.2) is 0 Å². The zero-order valence-corrected chi connectivity index (χ0v) is 16.5. The van der Waals surface area contributed by atoms with E-state index in [9.17, 15) is 10.1 Å². The van der Waals surface area contributed by atoms with Crippen LogP contribution in [-0.2, 0) is 0 Å². The minimum absolute atomic E-state index is 0.0820. The van der Waals surface area contributed by atoms with Crippen LogP contribution in [0.1, 0.15) is 27.2 Å². The van der Waals surface area contributed by atoms with Gasteiger partial charge in [0.15, 0.2) is 0 Å². The van der Waals surface area contributed by atoms with E-state index in [1.54, 1.807) is 12.1 Å². The molecule has 0 atom stereocenters. The molecule has 0 aliphatic carbocycles. The SMILES string of the molecule is CC[Si](C#CCCOc1cccc([N+](=O)[O-])c1I)(CC)CC. The third-order valence-electron chi connectivity index (χ3n) is 4.01. The highest BCUT2D eigenvalue weighted by atomic mass is 127. The van der Waals surface area contributed by atoms with Crippen molar-refractivity contribution in [2.45, 2.75) is 45.3 Å². The molecule has 120 valence electrons. The molecule has 0 heterocycles. The topological polar surface area (TPSA) is 52.4 Å². The Labute approximate surface area is 146 Å². The molecule has 0 bridgehead atoms. The Morgan fingerprint density at radius 2 is 1.91 bits per heavy atom. The molecule has 0 aliphatic heterocycles. The smallest absolute Gasteiger partial charge is 0.286 e. The molecular formula is C16H22INO3Si. The first-order chi connectivity index (χ1) is 10.5. The van der Waals surface area contributed by atoms with Gasteiger partial charge in [0.05, 0.1) is 11.5 Å². The lowest BCUT2D eigenvalue weighted by Gasteiger charge is -2.20. The van der Waals surface area contributed by atoms with Gasteiger partial charge in [-0.2, -0.15) is 0 Å². The lowest BCUT2D eigenvalue weighted by Crippen LogP contribution is -2.29. The van der Waals surface area contributed by atoms with Crippen LogP contribution in [0.5, 0.6) is 5.75 Å². The summed E-state index contributed by atoms with van der Waals surface area (Å²) in [6, 6.07) is 8.46. The van der Waals surface area contributed by atoms with Gasteiger partial charge in [0.1, 0.15) is 17.4 Å². The van der Waals surface area contributed by atoms with Gasteiger partial charge >= 0.3 is 0 Å². The number of ether oxygens (including phenoxy) is 1. The highest BCUT2D eigenvalue weighted by Crippen LogP contribution is 2.29. The van der Waals surface area contributed by atoms with Gasteiger partial charge in [-0.05, 0) is 46.8 Å². The third-order valence-corrected chi connectivity index (χ3v) is 9.86. The number of halogens is 1. The van der Waals surface area contributed by atoms with Crippen LogP contribution < -0.4 is 4.74 Å². The van der Waals surface area contributed by atoms with E-state index in [1.165, 1.54) is 24.2 Å². The van der Waals surface area contributed by atoms with Crippen LogP contribution >= 0.6 is 22.6 Å². The molecule has 1 rings (SSSR count). The van der Waals surface area contributed by atoms with Gasteiger partial charge in [0.2, 0.25) is 0 Å². The summed E-state index contributed by atoms with van der Waals surface area (Å²) in [4.78, 5) is 10.5. The maximum absolute atomic E-state index is 10.9. The quantitative estimate of drug-likeness (QED) is 0.152. The number of rotatable bonds is 7. The highest BCUT2D eigenvalue weighted by molar-refractivity contribution is 14.1. The molecule has 4 nitrogen and oxygen atoms in total. The molecule has 1 aromatic carbocycles. The number of nitro groups is 1. The average Bonchev–Trinajstić information content (AvgIpc) is 2.52. The Morgan fingerprint density at radius 3 is 2.45 bits per heavy atom. The van der Waals surface area contributed by atoms with Crippen molar-refractivity contribution in [3.63, 3.8) is 0 Å². The molecule has 6 heteroatoms. The van der Waals surface area contributed by atoms with Gasteiger partial charge in [-0.1, -0.05) is 26.8 Å². The van der Waals surface area contributed by atoms with Crippen LogP contribution in [0.15, 0.2) is 18.2 Å². The maximum Gasteiger partial charge on any atom is 0.286 e. The number of nitro benzene ring substituents is 1. The van der Waals surface area contributed by atoms with Crippen molar-refractivity contribution >= 4 is 36.4 Å². The van der Waals surface area contributed by atoms with E-state index in [0.29, 0.717) is 22.3 Å². The maximum atomic E-state index is 10.9. The number of hydrogen-bond donors (Lipinski definition) is 0. The monoisotopic (exact) mass is 431 g/mol. The van der Waals surface area contributed by atoms with Crippen LogP contribution in [0.25, 0.3) is 0 Å². The predicted molar refractivity (Wildman–Crippen MR) is 101 cm³/mol. The van der Waals surface area contributed by atoms with Gasteiger partial charge in [0.25, 0.3) is 5.69 Å². The van der Waals surface area contributed by atoms with Crippen molar-refractivity contribution in [1.82, 2.24) is 0 Å². The van der Waals surface area contributed by atoms with Crippen molar-refractivity contribution in [1.29, 1.82) is 0 Å². The molecule has 0 radical (unpaired) electrons. The molecular weight excluding hydrogens is 409 g/mol. The summed E-state index contributed by atoms with van der Waals surface area (Å²) in [6.07, 6.45) is 0.660. The molecule has 0 N–H and O–H groups in total. The fourth-order valence-corrected chi connectivity index (χ4v) is 5.47. The fourth-order valence-electron chi connectivity index (χ4n) is 2.23. The van der Waals surface area contributed by atoms with Crippen LogP contribution in [0, 0.1) is 25.1 Å². The molecule has 0 amide bonds. The second-order valence-electron chi connectivity index (χ2n) is 5.09. The average molecular weight is 431 g/mol. The van der Waals surface area contributed by atoms with Gasteiger partial charge < -0.3 is 4.74 Å². The van der Waals surface area contributed by atoms with E-state index < -0.39 is 13.0 Å². The van der Waals surface area contributed by atoms with Gasteiger partial charge in [-0.15, -0.1) is 11.5 Å². The van der Waals surface area contributed by atoms with Crippen LogP contribution in [0.2, 0.25) is 18.1 Å². The van der Waals surface area contributed by atoms with Crippen molar-refractivity contribution in [2.75, 3.05) is 6.61 Å². The Kier molecular flexibility index (Phi) is 7.89. The molecule has 1 aromatic rings. The molecule has 0 aromatic heterocycles. The van der Waals surface area contributed by atoms with E-state index in [2.05, 4.69) is 32.2 Å². The fraction of sp³-hybridized carbons (Fsp3) is 0.500. The summed E-state index contributed by atoms with van der Waals surface area (Å²) >= 11 is 1.95. The van der Waals surface area contributed by atoms with E-state index >= 15 is 0 Å². The summed E-state index contributed by atoms with van der Waals surface area (Å²) in [6.45, 7) is 7.16. The van der Waals surface area contributed by atoms with Crippen molar-refractivity contribution < 1.29 is 9.66 Å². The lowest BCUT2D eigenvalue weighted by molar-refractivity contribution is -0.385. The van der Waals surface area contributed by atoms with Crippen LogP contribution in [-0.4, -0.2) is 19.6 Å². The second kappa shape index (κ2) is 9.15. The summed E-state index contributed by atoms with van der Waals surface area (Å²) in [5.74, 6) is 3.81. The Bertz CT molecular complexity index is 568. The largest absolute Gasteiger partial charge is 0.491 e. The van der Waals surface area contributed by atoms with Gasteiger partial charge in [0, 0.05) is 12.5 Å². The van der Waals surface area contributed by atoms with Crippen molar-refractivity contribution in [3.05, 3.63) is 31.9 Å². The molecule has 0 aliphatic rings. The summed E-state index contributed by atoms with van der Waals surface area (Å²) < 4.78 is 6.18. The third kappa shape index (κ3) is 4.99. The summed E-state index contributed by atoms with van der Waals surface area (Å²) in [5.41, 5.74) is 3.59. The number of nitrogens with zero attached hydrogens (tertiary/aromatic N) is 1. The molecule has 0 saturated heterocycles. The minimum atomic E-state index is -1.39. The predicted octanol–water partition coefficient (Wildman–Crippen LogP) is 5.02. The summed E-state index contributed by atoms with van der Waals surface area (Å²) in [7, 11) is -1.39. The van der Waals surface area contributed by atoms with Crippen molar-refractivity contribution in [2.24, 2.45) is 0 Å². The van der Waals surface area contributed by atoms with Crippen LogP contribution in [0.4, 0.5) is 5.69 Å². The standard InChI is InChI=1S/C16H22INO3Si/c1-4-22(5-2,6-3)13-8-7-12-21-15-11-9-10-14(16(15)17)18(19)20/h9-11H,4-7,12H2,1-3H3. The van der Waals surface area contributed by atoms with Crippen LogP contribution in [0.3, 0.4) is 0 Å². The molecule has 0 unspecified atom stereocenters.